The molecule has 0 aliphatic rings. The molecule has 0 heterocycles. The molecule has 0 rings (SSSR count). The number of thioether (sulfide) groups is 1. The van der Waals surface area contributed by atoms with Gasteiger partial charge in [0.25, 0.3) is 0 Å². The van der Waals surface area contributed by atoms with Gasteiger partial charge >= 0.3 is 0 Å². The standard InChI is InChI=1S/C10H19NS/c1-6-12-10(11)9(5)8(4)7(2)3/h7,11H,6H2,1-5H3. The third-order valence-electron chi connectivity index (χ3n) is 2.09. The van der Waals surface area contributed by atoms with Gasteiger partial charge in [-0.05, 0) is 31.1 Å². The highest BCUT2D eigenvalue weighted by Gasteiger charge is 2.05. The van der Waals surface area contributed by atoms with Crippen molar-refractivity contribution in [3.8, 4) is 0 Å². The van der Waals surface area contributed by atoms with Gasteiger partial charge in [-0.25, -0.2) is 0 Å². The van der Waals surface area contributed by atoms with Crippen LogP contribution in [0, 0.1) is 11.3 Å². The van der Waals surface area contributed by atoms with Crippen LogP contribution in [-0.4, -0.2) is 10.8 Å². The molecule has 0 unspecified atom stereocenters. The van der Waals surface area contributed by atoms with Crippen molar-refractivity contribution in [1.82, 2.24) is 0 Å². The average Bonchev–Trinajstić information content (AvgIpc) is 2.02. The molecular weight excluding hydrogens is 166 g/mol. The van der Waals surface area contributed by atoms with Crippen molar-refractivity contribution in [1.29, 1.82) is 5.41 Å². The third-order valence-corrected chi connectivity index (χ3v) is 2.97. The molecule has 0 bridgehead atoms. The second-order valence-electron chi connectivity index (χ2n) is 3.22. The van der Waals surface area contributed by atoms with Crippen molar-refractivity contribution < 1.29 is 0 Å². The van der Waals surface area contributed by atoms with Crippen LogP contribution in [0.3, 0.4) is 0 Å². The molecule has 0 aromatic rings. The summed E-state index contributed by atoms with van der Waals surface area (Å²) in [6, 6.07) is 0. The van der Waals surface area contributed by atoms with Gasteiger partial charge in [0.2, 0.25) is 0 Å². The molecule has 0 radical (unpaired) electrons. The maximum Gasteiger partial charge on any atom is 0.0898 e. The van der Waals surface area contributed by atoms with E-state index >= 15 is 0 Å². The number of hydrogen-bond acceptors (Lipinski definition) is 2. The van der Waals surface area contributed by atoms with E-state index in [0.29, 0.717) is 5.92 Å². The van der Waals surface area contributed by atoms with E-state index in [0.717, 1.165) is 16.4 Å². The van der Waals surface area contributed by atoms with Gasteiger partial charge in [-0.15, -0.1) is 11.8 Å². The first-order valence-electron chi connectivity index (χ1n) is 4.39. The van der Waals surface area contributed by atoms with E-state index in [-0.39, 0.29) is 0 Å². The molecule has 70 valence electrons. The fourth-order valence-corrected chi connectivity index (χ4v) is 1.53. The molecule has 1 N–H and O–H groups in total. The van der Waals surface area contributed by atoms with Gasteiger partial charge in [0.15, 0.2) is 0 Å². The van der Waals surface area contributed by atoms with Crippen LogP contribution in [0.15, 0.2) is 11.1 Å². The number of nitrogens with one attached hydrogen (secondary N) is 1. The largest absolute Gasteiger partial charge is 0.294 e. The lowest BCUT2D eigenvalue weighted by molar-refractivity contribution is 0.763. The van der Waals surface area contributed by atoms with Crippen LogP contribution in [-0.2, 0) is 0 Å². The van der Waals surface area contributed by atoms with Crippen LogP contribution in [0.1, 0.15) is 34.6 Å². The molecule has 2 heteroatoms. The zero-order chi connectivity index (χ0) is 9.72. The Hall–Kier alpha value is -0.240. The normalized spacial score (nSPS) is 13.2. The second-order valence-corrected chi connectivity index (χ2v) is 4.50. The summed E-state index contributed by atoms with van der Waals surface area (Å²) in [4.78, 5) is 0. The zero-order valence-electron chi connectivity index (χ0n) is 8.69. The molecule has 0 amide bonds. The van der Waals surface area contributed by atoms with Crippen LogP contribution in [0.25, 0.3) is 0 Å². The van der Waals surface area contributed by atoms with Crippen molar-refractivity contribution in [2.45, 2.75) is 34.6 Å². The van der Waals surface area contributed by atoms with Crippen molar-refractivity contribution in [2.75, 3.05) is 5.75 Å². The molecule has 1 nitrogen and oxygen atoms in total. The Balaban J connectivity index is 4.43. The van der Waals surface area contributed by atoms with Crippen molar-refractivity contribution >= 4 is 16.8 Å². The quantitative estimate of drug-likeness (QED) is 0.526. The molecule has 0 atom stereocenters. The fraction of sp³-hybridized carbons (Fsp3) is 0.700. The number of hydrogen-bond donors (Lipinski definition) is 1. The predicted octanol–water partition coefficient (Wildman–Crippen LogP) is 3.71. The highest BCUT2D eigenvalue weighted by molar-refractivity contribution is 8.14. The summed E-state index contributed by atoms with van der Waals surface area (Å²) in [6.45, 7) is 10.6. The SMILES string of the molecule is CCSC(=N)C(C)=C(C)C(C)C. The third kappa shape index (κ3) is 3.44. The van der Waals surface area contributed by atoms with Gasteiger partial charge in [-0.3, -0.25) is 5.41 Å². The van der Waals surface area contributed by atoms with Gasteiger partial charge in [0, 0.05) is 0 Å². The lowest BCUT2D eigenvalue weighted by atomic mass is 10.0. The first-order valence-corrected chi connectivity index (χ1v) is 5.38. The van der Waals surface area contributed by atoms with Gasteiger partial charge in [0.1, 0.15) is 0 Å². The topological polar surface area (TPSA) is 23.9 Å². The van der Waals surface area contributed by atoms with E-state index in [4.69, 9.17) is 5.41 Å². The molecular formula is C10H19NS. The minimum absolute atomic E-state index is 0.558. The van der Waals surface area contributed by atoms with Crippen LogP contribution in [0.5, 0.6) is 0 Å². The van der Waals surface area contributed by atoms with Crippen LogP contribution < -0.4 is 0 Å². The summed E-state index contributed by atoms with van der Waals surface area (Å²) in [6.07, 6.45) is 0. The van der Waals surface area contributed by atoms with Crippen LogP contribution >= 0.6 is 11.8 Å². The Morgan fingerprint density at radius 3 is 2.17 bits per heavy atom. The highest BCUT2D eigenvalue weighted by Crippen LogP contribution is 2.19. The van der Waals surface area contributed by atoms with Crippen molar-refractivity contribution in [2.24, 2.45) is 5.92 Å². The van der Waals surface area contributed by atoms with E-state index < -0.39 is 0 Å². The molecule has 0 spiro atoms. The molecule has 0 aliphatic heterocycles. The summed E-state index contributed by atoms with van der Waals surface area (Å²) < 4.78 is 0. The minimum atomic E-state index is 0.558. The smallest absolute Gasteiger partial charge is 0.0898 e. The molecule has 0 saturated heterocycles. The lowest BCUT2D eigenvalue weighted by Crippen LogP contribution is -2.00. The number of rotatable bonds is 3. The monoisotopic (exact) mass is 185 g/mol. The Morgan fingerprint density at radius 2 is 1.83 bits per heavy atom. The highest BCUT2D eigenvalue weighted by atomic mass is 32.2. The maximum atomic E-state index is 7.72. The Bertz CT molecular complexity index is 192. The first-order chi connectivity index (χ1) is 5.50. The summed E-state index contributed by atoms with van der Waals surface area (Å²) in [7, 11) is 0. The van der Waals surface area contributed by atoms with Crippen molar-refractivity contribution in [3.63, 3.8) is 0 Å². The zero-order valence-corrected chi connectivity index (χ0v) is 9.51. The van der Waals surface area contributed by atoms with Gasteiger partial charge in [-0.2, -0.15) is 0 Å². The van der Waals surface area contributed by atoms with E-state index in [1.807, 2.05) is 6.92 Å². The van der Waals surface area contributed by atoms with Crippen molar-refractivity contribution in [3.05, 3.63) is 11.1 Å². The summed E-state index contributed by atoms with van der Waals surface area (Å²) in [5, 5.41) is 8.45. The lowest BCUT2D eigenvalue weighted by Gasteiger charge is -2.11. The second kappa shape index (κ2) is 5.41. The van der Waals surface area contributed by atoms with E-state index in [9.17, 15) is 0 Å². The van der Waals surface area contributed by atoms with Gasteiger partial charge in [0.05, 0.1) is 5.04 Å². The average molecular weight is 185 g/mol. The Kier molecular flexibility index (Phi) is 5.31. The predicted molar refractivity (Wildman–Crippen MR) is 59.1 cm³/mol. The molecule has 0 fully saturated rings. The summed E-state index contributed by atoms with van der Waals surface area (Å²) in [5.41, 5.74) is 2.48. The van der Waals surface area contributed by atoms with Gasteiger partial charge in [-0.1, -0.05) is 26.3 Å². The summed E-state index contributed by atoms with van der Waals surface area (Å²) in [5.74, 6) is 1.55. The van der Waals surface area contributed by atoms with Crippen LogP contribution in [0.4, 0.5) is 0 Å². The molecule has 0 aliphatic carbocycles. The molecule has 12 heavy (non-hydrogen) atoms. The molecule has 0 aromatic carbocycles. The van der Waals surface area contributed by atoms with Crippen LogP contribution in [0.2, 0.25) is 0 Å². The minimum Gasteiger partial charge on any atom is -0.294 e. The molecule has 0 saturated carbocycles. The number of allylic oxidation sites excluding steroid dienone is 1. The van der Waals surface area contributed by atoms with E-state index in [1.165, 1.54) is 5.57 Å². The molecule has 0 aromatic heterocycles. The fourth-order valence-electron chi connectivity index (χ4n) is 0.865. The van der Waals surface area contributed by atoms with E-state index in [1.54, 1.807) is 11.8 Å². The first kappa shape index (κ1) is 11.8. The Labute approximate surface area is 80.1 Å². The Morgan fingerprint density at radius 1 is 1.33 bits per heavy atom. The summed E-state index contributed by atoms with van der Waals surface area (Å²) >= 11 is 1.61. The maximum absolute atomic E-state index is 7.72. The van der Waals surface area contributed by atoms with E-state index in [2.05, 4.69) is 27.7 Å². The van der Waals surface area contributed by atoms with Gasteiger partial charge < -0.3 is 0 Å².